The van der Waals surface area contributed by atoms with Gasteiger partial charge in [0.1, 0.15) is 29.8 Å². The van der Waals surface area contributed by atoms with Gasteiger partial charge in [-0.25, -0.2) is 19.6 Å². The van der Waals surface area contributed by atoms with Gasteiger partial charge in [0.05, 0.1) is 30.6 Å². The van der Waals surface area contributed by atoms with Crippen LogP contribution in [0.5, 0.6) is 5.75 Å². The molecule has 0 saturated heterocycles. The first-order valence-electron chi connectivity index (χ1n) is 15.3. The summed E-state index contributed by atoms with van der Waals surface area (Å²) in [5, 5.41) is 13.9. The maximum Gasteiger partial charge on any atom is 0.420 e. The zero-order valence-electron chi connectivity index (χ0n) is 26.5. The zero-order chi connectivity index (χ0) is 33.9. The van der Waals surface area contributed by atoms with E-state index in [1.54, 1.807) is 67.7 Å². The maximum absolute atomic E-state index is 13.3. The van der Waals surface area contributed by atoms with Crippen molar-refractivity contribution in [2.24, 2.45) is 0 Å². The van der Waals surface area contributed by atoms with Crippen molar-refractivity contribution in [1.82, 2.24) is 20.3 Å². The van der Waals surface area contributed by atoms with Crippen LogP contribution in [0.3, 0.4) is 0 Å². The van der Waals surface area contributed by atoms with Gasteiger partial charge >= 0.3 is 18.2 Å². The first-order valence-corrected chi connectivity index (χ1v) is 15.3. The number of nitrogens with one attached hydrogen (secondary N) is 4. The van der Waals surface area contributed by atoms with Crippen LogP contribution in [-0.2, 0) is 27.4 Å². The second-order valence-corrected chi connectivity index (χ2v) is 10.5. The van der Waals surface area contributed by atoms with E-state index in [0.29, 0.717) is 40.6 Å². The Balaban J connectivity index is 1.17. The molecular weight excluding hydrogens is 614 g/mol. The molecule has 0 saturated carbocycles. The van der Waals surface area contributed by atoms with Crippen molar-refractivity contribution >= 4 is 46.5 Å². The summed E-state index contributed by atoms with van der Waals surface area (Å²) in [5.74, 6) is 0.824. The number of aryl methyl sites for hydroxylation is 1. The van der Waals surface area contributed by atoms with Crippen molar-refractivity contribution in [2.75, 3.05) is 23.4 Å². The van der Waals surface area contributed by atoms with Crippen molar-refractivity contribution in [1.29, 1.82) is 5.41 Å². The fourth-order valence-electron chi connectivity index (χ4n) is 4.71. The lowest BCUT2D eigenvalue weighted by Crippen LogP contribution is -2.36. The summed E-state index contributed by atoms with van der Waals surface area (Å²) < 4.78 is 16.0. The number of imidazole rings is 1. The third-order valence-corrected chi connectivity index (χ3v) is 7.17. The van der Waals surface area contributed by atoms with E-state index in [-0.39, 0.29) is 32.0 Å². The van der Waals surface area contributed by atoms with E-state index in [9.17, 15) is 14.4 Å². The average Bonchev–Trinajstić information content (AvgIpc) is 3.53. The number of pyridine rings is 1. The topological polar surface area (TPSA) is 172 Å². The molecule has 246 valence electrons. The molecule has 3 aromatic carbocycles. The predicted octanol–water partition coefficient (Wildman–Crippen LogP) is 6.09. The van der Waals surface area contributed by atoms with Gasteiger partial charge in [-0.15, -0.1) is 0 Å². The molecule has 0 radical (unpaired) electrons. The highest BCUT2D eigenvalue weighted by Gasteiger charge is 2.22. The first kappa shape index (κ1) is 33.1. The van der Waals surface area contributed by atoms with E-state index in [4.69, 9.17) is 24.6 Å². The summed E-state index contributed by atoms with van der Waals surface area (Å²) in [4.78, 5) is 50.9. The van der Waals surface area contributed by atoms with E-state index < -0.39 is 18.2 Å². The number of anilines is 2. The Kier molecular flexibility index (Phi) is 10.9. The number of amides is 2. The van der Waals surface area contributed by atoms with Crippen LogP contribution in [0.2, 0.25) is 0 Å². The minimum atomic E-state index is -0.705. The summed E-state index contributed by atoms with van der Waals surface area (Å²) in [7, 11) is 0. The normalized spacial score (nSPS) is 10.6. The molecule has 2 amide bonds. The summed E-state index contributed by atoms with van der Waals surface area (Å²) in [6.07, 6.45) is 0.150. The standard InChI is InChI=1S/C35H35N7O6/c1-3-46-31(43)18-20-42(30-11-7-8-19-37-30)35(45)48-28-17-16-27-32(23(28)2)40-29(39-27)21-38-26-14-12-25(13-15-26)33(36)41-34(44)47-22-24-9-5-4-6-10-24/h4-17,19,38H,3,18,20-22H2,1-2H3,(H,39,40)(H2,36,41,44). The van der Waals surface area contributed by atoms with Crippen LogP contribution in [-0.4, -0.2) is 52.1 Å². The number of hydrogen-bond acceptors (Lipinski definition) is 10. The van der Waals surface area contributed by atoms with Crippen LogP contribution in [0.1, 0.15) is 35.9 Å². The van der Waals surface area contributed by atoms with Gasteiger partial charge in [0.2, 0.25) is 0 Å². The Morgan fingerprint density at radius 1 is 0.938 bits per heavy atom. The Morgan fingerprint density at radius 3 is 2.44 bits per heavy atom. The molecule has 2 heterocycles. The summed E-state index contributed by atoms with van der Waals surface area (Å²) in [6.45, 7) is 4.29. The van der Waals surface area contributed by atoms with Crippen molar-refractivity contribution in [3.63, 3.8) is 0 Å². The van der Waals surface area contributed by atoms with Crippen molar-refractivity contribution in [3.05, 3.63) is 114 Å². The second-order valence-electron chi connectivity index (χ2n) is 10.5. The highest BCUT2D eigenvalue weighted by Crippen LogP contribution is 2.27. The number of H-pyrrole nitrogens is 1. The van der Waals surface area contributed by atoms with Gasteiger partial charge in [-0.05, 0) is 67.9 Å². The van der Waals surface area contributed by atoms with Crippen LogP contribution in [0.15, 0.2) is 91.1 Å². The van der Waals surface area contributed by atoms with Gasteiger partial charge in [0.15, 0.2) is 0 Å². The Bertz CT molecular complexity index is 1880. The zero-order valence-corrected chi connectivity index (χ0v) is 26.5. The molecule has 48 heavy (non-hydrogen) atoms. The number of ether oxygens (including phenoxy) is 3. The number of hydrogen-bond donors (Lipinski definition) is 4. The molecule has 0 spiro atoms. The van der Waals surface area contributed by atoms with E-state index in [0.717, 1.165) is 16.8 Å². The lowest BCUT2D eigenvalue weighted by Gasteiger charge is -2.21. The quantitative estimate of drug-likeness (QED) is 0.0709. The molecule has 4 N–H and O–H groups in total. The number of alkyl carbamates (subject to hydrolysis) is 1. The molecule has 5 rings (SSSR count). The predicted molar refractivity (Wildman–Crippen MR) is 180 cm³/mol. The number of esters is 1. The fraction of sp³-hybridized carbons (Fsp3) is 0.200. The monoisotopic (exact) mass is 649 g/mol. The summed E-state index contributed by atoms with van der Waals surface area (Å²) >= 11 is 0. The number of carbonyl (C=O) groups excluding carboxylic acids is 3. The first-order chi connectivity index (χ1) is 23.3. The third kappa shape index (κ3) is 8.72. The van der Waals surface area contributed by atoms with Crippen molar-refractivity contribution in [2.45, 2.75) is 33.4 Å². The van der Waals surface area contributed by atoms with Gasteiger partial charge in [-0.3, -0.25) is 20.4 Å². The fourth-order valence-corrected chi connectivity index (χ4v) is 4.71. The van der Waals surface area contributed by atoms with E-state index in [1.165, 1.54) is 4.90 Å². The highest BCUT2D eigenvalue weighted by molar-refractivity contribution is 6.04. The Labute approximate surface area is 276 Å². The molecule has 13 nitrogen and oxygen atoms in total. The second kappa shape index (κ2) is 15.9. The Morgan fingerprint density at radius 2 is 1.71 bits per heavy atom. The highest BCUT2D eigenvalue weighted by atomic mass is 16.6. The number of fused-ring (bicyclic) bond motifs is 1. The number of rotatable bonds is 12. The van der Waals surface area contributed by atoms with Gasteiger partial charge < -0.3 is 24.5 Å². The Hall–Kier alpha value is -6.24. The SMILES string of the molecule is CCOC(=O)CCN(C(=O)Oc1ccc2[nH]c(CNc3ccc(C(=N)NC(=O)OCc4ccccc4)cc3)nc2c1C)c1ccccn1. The molecule has 0 unspecified atom stereocenters. The smallest absolute Gasteiger partial charge is 0.420 e. The minimum absolute atomic E-state index is 0.0147. The van der Waals surface area contributed by atoms with E-state index >= 15 is 0 Å². The van der Waals surface area contributed by atoms with E-state index in [2.05, 4.69) is 20.6 Å². The van der Waals surface area contributed by atoms with Crippen LogP contribution >= 0.6 is 0 Å². The molecule has 0 atom stereocenters. The van der Waals surface area contributed by atoms with Gasteiger partial charge in [-0.1, -0.05) is 36.4 Å². The summed E-state index contributed by atoms with van der Waals surface area (Å²) in [6, 6.07) is 24.9. The molecular formula is C35H35N7O6. The van der Waals surface area contributed by atoms with Crippen LogP contribution in [0.4, 0.5) is 21.1 Å². The van der Waals surface area contributed by atoms with Gasteiger partial charge in [-0.2, -0.15) is 0 Å². The maximum atomic E-state index is 13.3. The molecule has 13 heteroatoms. The van der Waals surface area contributed by atoms with Crippen LogP contribution in [0.25, 0.3) is 11.0 Å². The number of benzene rings is 3. The molecule has 5 aromatic rings. The molecule has 0 aliphatic heterocycles. The molecule has 0 bridgehead atoms. The third-order valence-electron chi connectivity index (χ3n) is 7.17. The van der Waals surface area contributed by atoms with Crippen LogP contribution in [0, 0.1) is 12.3 Å². The number of aromatic nitrogens is 3. The van der Waals surface area contributed by atoms with Crippen molar-refractivity contribution in [3.8, 4) is 5.75 Å². The lowest BCUT2D eigenvalue weighted by molar-refractivity contribution is -0.142. The molecule has 0 fully saturated rings. The molecule has 0 aliphatic rings. The van der Waals surface area contributed by atoms with E-state index in [1.807, 2.05) is 37.3 Å². The average molecular weight is 650 g/mol. The number of amidine groups is 1. The van der Waals surface area contributed by atoms with Gasteiger partial charge in [0, 0.05) is 29.6 Å². The number of carbonyl (C=O) groups is 3. The molecule has 0 aliphatic carbocycles. The summed E-state index contributed by atoms with van der Waals surface area (Å²) in [5.41, 5.74) is 4.21. The molecule has 2 aromatic heterocycles. The minimum Gasteiger partial charge on any atom is -0.466 e. The largest absolute Gasteiger partial charge is 0.466 e. The number of aromatic amines is 1. The van der Waals surface area contributed by atoms with Crippen molar-refractivity contribution < 1.29 is 28.6 Å². The lowest BCUT2D eigenvalue weighted by atomic mass is 10.2. The van der Waals surface area contributed by atoms with Crippen LogP contribution < -0.4 is 20.3 Å². The number of nitrogens with zero attached hydrogens (tertiary/aromatic N) is 3. The van der Waals surface area contributed by atoms with Gasteiger partial charge in [0.25, 0.3) is 0 Å².